The highest BCUT2D eigenvalue weighted by Gasteiger charge is 1.89. The van der Waals surface area contributed by atoms with Gasteiger partial charge in [0.05, 0.1) is 25.7 Å². The summed E-state index contributed by atoms with van der Waals surface area (Å²) in [5.41, 5.74) is 3.20. The maximum Gasteiger partial charge on any atom is 0.191 e. The topological polar surface area (TPSA) is 77.6 Å². The number of nitrogens with zero attached hydrogens (tertiary/aromatic N) is 5. The third kappa shape index (κ3) is 15.4. The highest BCUT2D eigenvalue weighted by Crippen LogP contribution is 2.09. The molecule has 10 heteroatoms. The van der Waals surface area contributed by atoms with Gasteiger partial charge in [0.1, 0.15) is 6.26 Å². The molecule has 0 spiro atoms. The molecule has 0 unspecified atom stereocenters. The molecular weight excluding hydrogens is 515 g/mol. The maximum atomic E-state index is 4.85. The van der Waals surface area contributed by atoms with Crippen LogP contribution in [0.5, 0.6) is 0 Å². The Morgan fingerprint density at radius 1 is 0.543 bits per heavy atom. The minimum absolute atomic E-state index is 0.734. The molecule has 0 aromatic carbocycles. The lowest BCUT2D eigenvalue weighted by molar-refractivity contribution is 0.521. The first-order valence-corrected chi connectivity index (χ1v) is 14.3. The second-order valence-corrected chi connectivity index (χ2v) is 12.5. The molecule has 190 valence electrons. The second-order valence-electron chi connectivity index (χ2n) is 7.50. The molecule has 0 saturated carbocycles. The highest BCUT2D eigenvalue weighted by atomic mass is 32.1. The van der Waals surface area contributed by atoms with Crippen LogP contribution >= 0.6 is 45.3 Å². The van der Waals surface area contributed by atoms with Gasteiger partial charge in [0.15, 0.2) is 5.89 Å². The van der Waals surface area contributed by atoms with Crippen molar-refractivity contribution in [3.8, 4) is 0 Å². The maximum absolute atomic E-state index is 4.85. The number of oxazole rings is 1. The third-order valence-electron chi connectivity index (χ3n) is 3.68. The fourth-order valence-corrected chi connectivity index (χ4v) is 4.88. The molecule has 0 amide bonds. The molecule has 5 rings (SSSR count). The zero-order valence-electron chi connectivity index (χ0n) is 22.2. The van der Waals surface area contributed by atoms with E-state index in [1.165, 1.54) is 9.75 Å². The summed E-state index contributed by atoms with van der Waals surface area (Å²) in [6, 6.07) is 0. The number of hydrogen-bond donors (Lipinski definition) is 0. The Bertz CT molecular complexity index is 927. The van der Waals surface area contributed by atoms with Crippen molar-refractivity contribution in [1.29, 1.82) is 0 Å². The summed E-state index contributed by atoms with van der Waals surface area (Å²) >= 11 is 6.85. The van der Waals surface area contributed by atoms with Gasteiger partial charge in [-0.1, -0.05) is 0 Å². The fraction of sp³-hybridized carbons (Fsp3) is 0.400. The van der Waals surface area contributed by atoms with Gasteiger partial charge in [-0.2, -0.15) is 0 Å². The smallest absolute Gasteiger partial charge is 0.191 e. The number of thiazole rings is 4. The predicted octanol–water partition coefficient (Wildman–Crippen LogP) is 8.33. The van der Waals surface area contributed by atoms with Crippen LogP contribution in [0, 0.1) is 69.2 Å². The molecule has 0 saturated heterocycles. The van der Waals surface area contributed by atoms with E-state index >= 15 is 0 Å². The predicted molar refractivity (Wildman–Crippen MR) is 152 cm³/mol. The van der Waals surface area contributed by atoms with Gasteiger partial charge in [-0.05, 0) is 62.3 Å². The van der Waals surface area contributed by atoms with Crippen molar-refractivity contribution in [3.05, 3.63) is 82.2 Å². The molecule has 0 aliphatic rings. The largest absolute Gasteiger partial charge is 0.449 e. The van der Waals surface area contributed by atoms with Gasteiger partial charge >= 0.3 is 0 Å². The van der Waals surface area contributed by atoms with E-state index in [1.807, 2.05) is 67.8 Å². The van der Waals surface area contributed by atoms with Crippen molar-refractivity contribution in [2.75, 3.05) is 0 Å². The summed E-state index contributed by atoms with van der Waals surface area (Å²) < 4.78 is 4.85. The van der Waals surface area contributed by atoms with E-state index in [4.69, 9.17) is 4.42 Å². The van der Waals surface area contributed by atoms with Crippen LogP contribution in [-0.2, 0) is 0 Å². The molecule has 0 bridgehead atoms. The van der Waals surface area contributed by atoms with E-state index in [-0.39, 0.29) is 0 Å². The van der Waals surface area contributed by atoms with Crippen molar-refractivity contribution in [1.82, 2.24) is 24.9 Å². The molecule has 5 aromatic heterocycles. The Morgan fingerprint density at radius 2 is 0.971 bits per heavy atom. The van der Waals surface area contributed by atoms with Crippen LogP contribution in [-0.4, -0.2) is 24.9 Å². The Labute approximate surface area is 225 Å². The number of hydrogen-bond acceptors (Lipinski definition) is 10. The SMILES string of the molecule is Cc1cnc(C)s1.Cc1cnc(C)s1.Cc1coc(C)n1.Cc1csc(C)n1.Cc1csc(C)n1. The molecular formula is C25H35N5OS4. The number of aryl methyl sites for hydroxylation is 10. The number of rotatable bonds is 0. The van der Waals surface area contributed by atoms with Crippen LogP contribution in [0.3, 0.4) is 0 Å². The Morgan fingerprint density at radius 3 is 1.06 bits per heavy atom. The second kappa shape index (κ2) is 16.4. The molecule has 35 heavy (non-hydrogen) atoms. The van der Waals surface area contributed by atoms with Gasteiger partial charge in [0, 0.05) is 51.2 Å². The van der Waals surface area contributed by atoms with Gasteiger partial charge in [0.25, 0.3) is 0 Å². The minimum Gasteiger partial charge on any atom is -0.449 e. The molecule has 0 radical (unpaired) electrons. The van der Waals surface area contributed by atoms with Crippen LogP contribution in [0.4, 0.5) is 0 Å². The van der Waals surface area contributed by atoms with Gasteiger partial charge < -0.3 is 4.42 Å². The number of aromatic nitrogens is 5. The van der Waals surface area contributed by atoms with Crippen LogP contribution in [0.2, 0.25) is 0 Å². The molecule has 5 aromatic rings. The summed E-state index contributed by atoms with van der Waals surface area (Å²) in [5, 5.41) is 8.70. The summed E-state index contributed by atoms with van der Waals surface area (Å²) in [6.45, 7) is 19.9. The Hall–Kier alpha value is -2.27. The summed E-state index contributed by atoms with van der Waals surface area (Å²) in [6.07, 6.45) is 5.41. The fourth-order valence-electron chi connectivity index (χ4n) is 2.35. The highest BCUT2D eigenvalue weighted by molar-refractivity contribution is 7.11. The van der Waals surface area contributed by atoms with Crippen molar-refractivity contribution >= 4 is 45.3 Å². The van der Waals surface area contributed by atoms with Crippen molar-refractivity contribution in [3.63, 3.8) is 0 Å². The monoisotopic (exact) mass is 549 g/mol. The van der Waals surface area contributed by atoms with Gasteiger partial charge in [-0.15, -0.1) is 45.3 Å². The van der Waals surface area contributed by atoms with Crippen LogP contribution in [0.1, 0.15) is 52.8 Å². The van der Waals surface area contributed by atoms with E-state index in [9.17, 15) is 0 Å². The van der Waals surface area contributed by atoms with Crippen molar-refractivity contribution in [2.45, 2.75) is 69.2 Å². The summed E-state index contributed by atoms with van der Waals surface area (Å²) in [7, 11) is 0. The van der Waals surface area contributed by atoms with E-state index in [2.05, 4.69) is 49.5 Å². The zero-order chi connectivity index (χ0) is 26.4. The quantitative estimate of drug-likeness (QED) is 0.193. The lowest BCUT2D eigenvalue weighted by atomic mass is 10.6. The molecule has 0 aliphatic carbocycles. The standard InChI is InChI=1S/C5H7NO.4C5H7NS/c3*1-4-3-7-5(2)6-4;2*1-4-3-6-5(2)7-4/h5*3H,1-2H3. The molecule has 0 atom stereocenters. The first-order chi connectivity index (χ1) is 16.4. The zero-order valence-corrected chi connectivity index (χ0v) is 25.4. The van der Waals surface area contributed by atoms with Crippen molar-refractivity contribution in [2.24, 2.45) is 0 Å². The third-order valence-corrected chi connectivity index (χ3v) is 7.11. The summed E-state index contributed by atoms with van der Waals surface area (Å²) in [4.78, 5) is 22.9. The van der Waals surface area contributed by atoms with Gasteiger partial charge in [-0.25, -0.2) is 24.9 Å². The molecule has 6 nitrogen and oxygen atoms in total. The molecule has 0 fully saturated rings. The van der Waals surface area contributed by atoms with E-state index < -0.39 is 0 Å². The molecule has 0 aliphatic heterocycles. The minimum atomic E-state index is 0.734. The van der Waals surface area contributed by atoms with E-state index in [0.717, 1.165) is 43.0 Å². The van der Waals surface area contributed by atoms with E-state index in [1.54, 1.807) is 51.6 Å². The van der Waals surface area contributed by atoms with Crippen molar-refractivity contribution < 1.29 is 4.42 Å². The average Bonchev–Trinajstić information content (AvgIpc) is 3.59. The van der Waals surface area contributed by atoms with Crippen LogP contribution in [0.25, 0.3) is 0 Å². The van der Waals surface area contributed by atoms with Gasteiger partial charge in [0.2, 0.25) is 0 Å². The first kappa shape index (κ1) is 30.8. The van der Waals surface area contributed by atoms with E-state index in [0.29, 0.717) is 0 Å². The Balaban J connectivity index is 0.000000219. The summed E-state index contributed by atoms with van der Waals surface area (Å²) in [5.74, 6) is 0.734. The molecule has 0 N–H and O–H groups in total. The average molecular weight is 550 g/mol. The first-order valence-electron chi connectivity index (χ1n) is 10.9. The lowest BCUT2D eigenvalue weighted by Gasteiger charge is -1.71. The lowest BCUT2D eigenvalue weighted by Crippen LogP contribution is -1.67. The van der Waals surface area contributed by atoms with Crippen LogP contribution in [0.15, 0.2) is 33.8 Å². The molecule has 5 heterocycles. The normalized spacial score (nSPS) is 9.43. The Kier molecular flexibility index (Phi) is 14.4. The van der Waals surface area contributed by atoms with Crippen LogP contribution < -0.4 is 0 Å². The van der Waals surface area contributed by atoms with Gasteiger partial charge in [-0.3, -0.25) is 0 Å².